The maximum absolute atomic E-state index is 12.1. The molecular weight excluding hydrogens is 333 g/mol. The molecule has 0 heterocycles. The second-order valence-electron chi connectivity index (χ2n) is 5.29. The summed E-state index contributed by atoms with van der Waals surface area (Å²) in [5.41, 5.74) is 1.92. The quantitative estimate of drug-likeness (QED) is 0.872. The third-order valence-corrected chi connectivity index (χ3v) is 3.74. The van der Waals surface area contributed by atoms with Crippen LogP contribution in [0.1, 0.15) is 11.1 Å². The summed E-state index contributed by atoms with van der Waals surface area (Å²) >= 11 is 11.8. The van der Waals surface area contributed by atoms with Gasteiger partial charge in [-0.3, -0.25) is 4.79 Å². The minimum atomic E-state index is -0.171. The van der Waals surface area contributed by atoms with E-state index in [1.165, 1.54) is 0 Å². The SMILES string of the molecule is C[NH+](CC(=O)Nc1cc(Cl)ccc1C#N)Cc1ccc(Cl)cc1. The van der Waals surface area contributed by atoms with Gasteiger partial charge >= 0.3 is 0 Å². The molecule has 0 radical (unpaired) electrons. The average Bonchev–Trinajstić information content (AvgIpc) is 2.49. The lowest BCUT2D eigenvalue weighted by atomic mass is 10.2. The molecule has 6 heteroatoms. The standard InChI is InChI=1S/C17H15Cl2N3O/c1-22(10-12-2-5-14(18)6-3-12)11-17(23)21-16-8-15(19)7-4-13(16)9-20/h2-8H,10-11H2,1H3,(H,21,23)/p+1. The van der Waals surface area contributed by atoms with Crippen LogP contribution in [0.25, 0.3) is 0 Å². The minimum Gasteiger partial charge on any atom is -0.326 e. The Morgan fingerprint density at radius 1 is 1.17 bits per heavy atom. The van der Waals surface area contributed by atoms with Crippen molar-refractivity contribution in [3.05, 3.63) is 63.6 Å². The normalized spacial score (nSPS) is 11.6. The number of amides is 1. The molecule has 2 N–H and O–H groups in total. The Kier molecular flexibility index (Phi) is 6.00. The molecule has 118 valence electrons. The minimum absolute atomic E-state index is 0.171. The van der Waals surface area contributed by atoms with Gasteiger partial charge in [0.1, 0.15) is 12.6 Å². The molecule has 1 amide bonds. The van der Waals surface area contributed by atoms with E-state index >= 15 is 0 Å². The number of anilines is 1. The molecule has 1 unspecified atom stereocenters. The molecule has 0 saturated carbocycles. The fourth-order valence-electron chi connectivity index (χ4n) is 2.20. The van der Waals surface area contributed by atoms with Crippen molar-refractivity contribution in [2.45, 2.75) is 6.54 Å². The van der Waals surface area contributed by atoms with Crippen LogP contribution < -0.4 is 10.2 Å². The Morgan fingerprint density at radius 3 is 2.48 bits per heavy atom. The van der Waals surface area contributed by atoms with Crippen molar-refractivity contribution >= 4 is 34.8 Å². The molecule has 4 nitrogen and oxygen atoms in total. The number of carbonyl (C=O) groups is 1. The van der Waals surface area contributed by atoms with Gasteiger partial charge in [-0.25, -0.2) is 0 Å². The summed E-state index contributed by atoms with van der Waals surface area (Å²) in [7, 11) is 1.93. The average molecular weight is 349 g/mol. The van der Waals surface area contributed by atoms with Crippen LogP contribution in [0.3, 0.4) is 0 Å². The van der Waals surface area contributed by atoms with Crippen molar-refractivity contribution in [1.82, 2.24) is 0 Å². The third-order valence-electron chi connectivity index (χ3n) is 3.26. The van der Waals surface area contributed by atoms with Crippen molar-refractivity contribution in [2.24, 2.45) is 0 Å². The Balaban J connectivity index is 1.95. The van der Waals surface area contributed by atoms with E-state index in [4.69, 9.17) is 28.5 Å². The van der Waals surface area contributed by atoms with Crippen LogP contribution in [0, 0.1) is 11.3 Å². The second kappa shape index (κ2) is 7.98. The number of rotatable bonds is 5. The fraction of sp³-hybridized carbons (Fsp3) is 0.176. The maximum atomic E-state index is 12.1. The van der Waals surface area contributed by atoms with Gasteiger partial charge in [-0.05, 0) is 30.3 Å². The van der Waals surface area contributed by atoms with Crippen LogP contribution in [-0.2, 0) is 11.3 Å². The summed E-state index contributed by atoms with van der Waals surface area (Å²) in [6.07, 6.45) is 0. The predicted octanol–water partition coefficient (Wildman–Crippen LogP) is 2.52. The van der Waals surface area contributed by atoms with Crippen LogP contribution in [0.2, 0.25) is 10.0 Å². The number of carbonyl (C=O) groups excluding carboxylic acids is 1. The molecule has 2 aromatic rings. The van der Waals surface area contributed by atoms with Crippen LogP contribution in [0.4, 0.5) is 5.69 Å². The molecule has 2 rings (SSSR count). The van der Waals surface area contributed by atoms with Gasteiger partial charge < -0.3 is 10.2 Å². The van der Waals surface area contributed by atoms with Crippen LogP contribution in [-0.4, -0.2) is 19.5 Å². The zero-order valence-corrected chi connectivity index (χ0v) is 14.1. The van der Waals surface area contributed by atoms with Gasteiger partial charge in [0.15, 0.2) is 6.54 Å². The molecule has 2 aromatic carbocycles. The predicted molar refractivity (Wildman–Crippen MR) is 91.7 cm³/mol. The van der Waals surface area contributed by atoms with E-state index in [0.29, 0.717) is 27.8 Å². The van der Waals surface area contributed by atoms with E-state index in [0.717, 1.165) is 10.5 Å². The number of nitrogens with one attached hydrogen (secondary N) is 2. The molecular formula is C17H16Cl2N3O+. The molecule has 0 bridgehead atoms. The zero-order chi connectivity index (χ0) is 16.8. The Labute approximate surface area is 145 Å². The first kappa shape index (κ1) is 17.3. The van der Waals surface area contributed by atoms with E-state index in [1.54, 1.807) is 18.2 Å². The van der Waals surface area contributed by atoms with E-state index < -0.39 is 0 Å². The first-order chi connectivity index (χ1) is 11.0. The van der Waals surface area contributed by atoms with E-state index in [9.17, 15) is 4.79 Å². The highest BCUT2D eigenvalue weighted by molar-refractivity contribution is 6.31. The highest BCUT2D eigenvalue weighted by atomic mass is 35.5. The highest BCUT2D eigenvalue weighted by Gasteiger charge is 2.13. The lowest BCUT2D eigenvalue weighted by molar-refractivity contribution is -0.885. The van der Waals surface area contributed by atoms with Crippen molar-refractivity contribution in [2.75, 3.05) is 18.9 Å². The second-order valence-corrected chi connectivity index (χ2v) is 6.16. The van der Waals surface area contributed by atoms with E-state index in [-0.39, 0.29) is 12.5 Å². The van der Waals surface area contributed by atoms with Crippen molar-refractivity contribution in [3.63, 3.8) is 0 Å². The number of hydrogen-bond acceptors (Lipinski definition) is 2. The molecule has 0 fully saturated rings. The Bertz CT molecular complexity index is 738. The smallest absolute Gasteiger partial charge is 0.279 e. The summed E-state index contributed by atoms with van der Waals surface area (Å²) in [4.78, 5) is 13.2. The van der Waals surface area contributed by atoms with E-state index in [1.807, 2.05) is 37.4 Å². The lowest BCUT2D eigenvalue weighted by Crippen LogP contribution is -3.08. The van der Waals surface area contributed by atoms with Gasteiger partial charge in [0.25, 0.3) is 5.91 Å². The summed E-state index contributed by atoms with van der Waals surface area (Å²) in [6, 6.07) is 14.3. The largest absolute Gasteiger partial charge is 0.326 e. The third kappa shape index (κ3) is 5.26. The Morgan fingerprint density at radius 2 is 1.83 bits per heavy atom. The maximum Gasteiger partial charge on any atom is 0.279 e. The van der Waals surface area contributed by atoms with Crippen molar-refractivity contribution in [1.29, 1.82) is 5.26 Å². The zero-order valence-electron chi connectivity index (χ0n) is 12.6. The van der Waals surface area contributed by atoms with Crippen LogP contribution >= 0.6 is 23.2 Å². The van der Waals surface area contributed by atoms with Crippen molar-refractivity contribution < 1.29 is 9.69 Å². The number of halogens is 2. The number of benzene rings is 2. The molecule has 0 spiro atoms. The summed E-state index contributed by atoms with van der Waals surface area (Å²) in [5.74, 6) is -0.171. The van der Waals surface area contributed by atoms with Gasteiger partial charge in [-0.1, -0.05) is 35.3 Å². The first-order valence-electron chi connectivity index (χ1n) is 7.03. The van der Waals surface area contributed by atoms with Crippen LogP contribution in [0.15, 0.2) is 42.5 Å². The molecule has 0 aliphatic heterocycles. The number of likely N-dealkylation sites (N-methyl/N-ethyl adjacent to an activating group) is 1. The van der Waals surface area contributed by atoms with Crippen LogP contribution in [0.5, 0.6) is 0 Å². The van der Waals surface area contributed by atoms with E-state index in [2.05, 4.69) is 5.32 Å². The fourth-order valence-corrected chi connectivity index (χ4v) is 2.50. The van der Waals surface area contributed by atoms with Gasteiger partial charge in [0.05, 0.1) is 18.3 Å². The molecule has 23 heavy (non-hydrogen) atoms. The summed E-state index contributed by atoms with van der Waals surface area (Å²) < 4.78 is 0. The van der Waals surface area contributed by atoms with Crippen molar-refractivity contribution in [3.8, 4) is 6.07 Å². The Hall–Kier alpha value is -2.06. The topological polar surface area (TPSA) is 57.3 Å². The highest BCUT2D eigenvalue weighted by Crippen LogP contribution is 2.20. The number of hydrogen-bond donors (Lipinski definition) is 2. The number of quaternary nitrogens is 1. The summed E-state index contributed by atoms with van der Waals surface area (Å²) in [6.45, 7) is 0.977. The molecule has 0 aliphatic carbocycles. The summed E-state index contributed by atoms with van der Waals surface area (Å²) in [5, 5.41) is 13.0. The molecule has 0 aromatic heterocycles. The van der Waals surface area contributed by atoms with Gasteiger partial charge in [-0.2, -0.15) is 5.26 Å². The first-order valence-corrected chi connectivity index (χ1v) is 7.79. The monoisotopic (exact) mass is 348 g/mol. The van der Waals surface area contributed by atoms with Gasteiger partial charge in [-0.15, -0.1) is 0 Å². The molecule has 0 saturated heterocycles. The van der Waals surface area contributed by atoms with Gasteiger partial charge in [0, 0.05) is 15.6 Å². The molecule has 1 atom stereocenters. The van der Waals surface area contributed by atoms with Gasteiger partial charge in [0.2, 0.25) is 0 Å². The number of nitrogens with zero attached hydrogens (tertiary/aromatic N) is 1. The number of nitriles is 1. The molecule has 0 aliphatic rings. The lowest BCUT2D eigenvalue weighted by Gasteiger charge is -2.14.